The maximum absolute atomic E-state index is 8.87. The fourth-order valence-electron chi connectivity index (χ4n) is 0.697. The molecule has 0 saturated heterocycles. The van der Waals surface area contributed by atoms with E-state index in [0.717, 1.165) is 5.69 Å². The second-order valence-electron chi connectivity index (χ2n) is 1.93. The number of phenolic OH excluding ortho intramolecular Hbond substituents is 1. The third-order valence-electron chi connectivity index (χ3n) is 1.17. The first-order chi connectivity index (χ1) is 4.83. The number of rotatable bonds is 2. The summed E-state index contributed by atoms with van der Waals surface area (Å²) in [7, 11) is 0. The fourth-order valence-corrected chi connectivity index (χ4v) is 0.697. The van der Waals surface area contributed by atoms with Gasteiger partial charge in [0.25, 0.3) is 0 Å². The van der Waals surface area contributed by atoms with Gasteiger partial charge in [-0.05, 0) is 24.3 Å². The smallest absolute Gasteiger partial charge is 0.115 e. The van der Waals surface area contributed by atoms with Gasteiger partial charge in [-0.1, -0.05) is 0 Å². The van der Waals surface area contributed by atoms with Crippen molar-refractivity contribution in [3.63, 3.8) is 0 Å². The Hall–Kier alpha value is -1.22. The molecule has 1 rings (SSSR count). The van der Waals surface area contributed by atoms with Gasteiger partial charge in [0.2, 0.25) is 0 Å². The zero-order valence-corrected chi connectivity index (χ0v) is 5.54. The van der Waals surface area contributed by atoms with E-state index in [9.17, 15) is 0 Å². The van der Waals surface area contributed by atoms with Gasteiger partial charge in [0, 0.05) is 5.69 Å². The summed E-state index contributed by atoms with van der Waals surface area (Å²) in [4.78, 5) is 0. The number of hydrogen-bond acceptors (Lipinski definition) is 3. The van der Waals surface area contributed by atoms with Crippen molar-refractivity contribution in [1.29, 1.82) is 0 Å². The lowest BCUT2D eigenvalue weighted by Gasteiger charge is -2.00. The Labute approximate surface area is 59.5 Å². The van der Waals surface area contributed by atoms with Gasteiger partial charge in [0.05, 0.1) is 6.67 Å². The molecule has 0 fully saturated rings. The third kappa shape index (κ3) is 1.63. The SMILES string of the molecule is NCNc1ccc(O)cc1. The average molecular weight is 138 g/mol. The molecule has 0 bridgehead atoms. The highest BCUT2D eigenvalue weighted by atomic mass is 16.3. The van der Waals surface area contributed by atoms with Gasteiger partial charge in [0.1, 0.15) is 5.75 Å². The molecule has 0 saturated carbocycles. The molecule has 0 aliphatic rings. The van der Waals surface area contributed by atoms with Crippen molar-refractivity contribution in [3.8, 4) is 5.75 Å². The quantitative estimate of drug-likeness (QED) is 0.417. The van der Waals surface area contributed by atoms with Crippen LogP contribution < -0.4 is 11.1 Å². The van der Waals surface area contributed by atoms with Crippen LogP contribution in [0.1, 0.15) is 0 Å². The van der Waals surface area contributed by atoms with Gasteiger partial charge < -0.3 is 16.2 Å². The highest BCUT2D eigenvalue weighted by Gasteiger charge is 1.87. The van der Waals surface area contributed by atoms with Gasteiger partial charge >= 0.3 is 0 Å². The van der Waals surface area contributed by atoms with Crippen LogP contribution in [0.4, 0.5) is 5.69 Å². The molecular weight excluding hydrogens is 128 g/mol. The minimum absolute atomic E-state index is 0.266. The van der Waals surface area contributed by atoms with Crippen LogP contribution in [0.15, 0.2) is 24.3 Å². The predicted molar refractivity (Wildman–Crippen MR) is 40.8 cm³/mol. The highest BCUT2D eigenvalue weighted by molar-refractivity contribution is 5.45. The second-order valence-corrected chi connectivity index (χ2v) is 1.93. The molecule has 0 aromatic heterocycles. The number of nitrogens with one attached hydrogen (secondary N) is 1. The van der Waals surface area contributed by atoms with E-state index in [1.54, 1.807) is 24.3 Å². The molecular formula is C7H10N2O. The number of aromatic hydroxyl groups is 1. The standard InChI is InChI=1S/C7H10N2O/c8-5-9-6-1-3-7(10)4-2-6/h1-4,9-10H,5,8H2. The molecule has 0 atom stereocenters. The maximum atomic E-state index is 8.87. The van der Waals surface area contributed by atoms with Crippen molar-refractivity contribution >= 4 is 5.69 Å². The Morgan fingerprint density at radius 3 is 2.40 bits per heavy atom. The van der Waals surface area contributed by atoms with Crippen molar-refractivity contribution in [2.75, 3.05) is 12.0 Å². The van der Waals surface area contributed by atoms with Crippen molar-refractivity contribution < 1.29 is 5.11 Å². The maximum Gasteiger partial charge on any atom is 0.115 e. The van der Waals surface area contributed by atoms with Crippen LogP contribution in [0.3, 0.4) is 0 Å². The summed E-state index contributed by atoms with van der Waals surface area (Å²) < 4.78 is 0. The molecule has 0 aliphatic heterocycles. The van der Waals surface area contributed by atoms with Crippen LogP contribution in [0.5, 0.6) is 5.75 Å². The Kier molecular flexibility index (Phi) is 2.12. The lowest BCUT2D eigenvalue weighted by Crippen LogP contribution is -2.10. The Morgan fingerprint density at radius 1 is 1.30 bits per heavy atom. The summed E-state index contributed by atoms with van der Waals surface area (Å²) in [6.07, 6.45) is 0. The number of nitrogens with two attached hydrogens (primary N) is 1. The molecule has 0 heterocycles. The second kappa shape index (κ2) is 3.08. The lowest BCUT2D eigenvalue weighted by atomic mass is 10.3. The van der Waals surface area contributed by atoms with Crippen LogP contribution in [0, 0.1) is 0 Å². The van der Waals surface area contributed by atoms with E-state index in [1.807, 2.05) is 0 Å². The minimum atomic E-state index is 0.266. The molecule has 0 aliphatic carbocycles. The lowest BCUT2D eigenvalue weighted by molar-refractivity contribution is 0.475. The summed E-state index contributed by atoms with van der Waals surface area (Å²) in [5.41, 5.74) is 6.14. The molecule has 1 aromatic carbocycles. The van der Waals surface area contributed by atoms with Crippen molar-refractivity contribution in [3.05, 3.63) is 24.3 Å². The van der Waals surface area contributed by atoms with E-state index < -0.39 is 0 Å². The summed E-state index contributed by atoms with van der Waals surface area (Å²) in [6.45, 7) is 0.408. The first-order valence-corrected chi connectivity index (χ1v) is 3.06. The molecule has 1 aromatic rings. The van der Waals surface area contributed by atoms with E-state index in [2.05, 4.69) is 5.32 Å². The van der Waals surface area contributed by atoms with Gasteiger partial charge in [-0.25, -0.2) is 0 Å². The zero-order chi connectivity index (χ0) is 7.40. The minimum Gasteiger partial charge on any atom is -0.508 e. The highest BCUT2D eigenvalue weighted by Crippen LogP contribution is 2.12. The average Bonchev–Trinajstić information content (AvgIpc) is 1.95. The number of anilines is 1. The summed E-state index contributed by atoms with van der Waals surface area (Å²) in [5.74, 6) is 0.266. The number of benzene rings is 1. The molecule has 10 heavy (non-hydrogen) atoms. The van der Waals surface area contributed by atoms with E-state index in [4.69, 9.17) is 10.8 Å². The third-order valence-corrected chi connectivity index (χ3v) is 1.17. The normalized spacial score (nSPS) is 9.30. The van der Waals surface area contributed by atoms with E-state index in [-0.39, 0.29) is 5.75 Å². The fraction of sp³-hybridized carbons (Fsp3) is 0.143. The van der Waals surface area contributed by atoms with E-state index in [0.29, 0.717) is 6.67 Å². The summed E-state index contributed by atoms with van der Waals surface area (Å²) >= 11 is 0. The molecule has 4 N–H and O–H groups in total. The van der Waals surface area contributed by atoms with Gasteiger partial charge in [-0.3, -0.25) is 0 Å². The van der Waals surface area contributed by atoms with Gasteiger partial charge in [0.15, 0.2) is 0 Å². The Morgan fingerprint density at radius 2 is 1.90 bits per heavy atom. The van der Waals surface area contributed by atoms with E-state index >= 15 is 0 Å². The molecule has 0 spiro atoms. The first kappa shape index (κ1) is 6.89. The summed E-state index contributed by atoms with van der Waals surface area (Å²) in [6, 6.07) is 6.75. The first-order valence-electron chi connectivity index (χ1n) is 3.06. The summed E-state index contributed by atoms with van der Waals surface area (Å²) in [5, 5.41) is 11.8. The Bertz CT molecular complexity index is 195. The largest absolute Gasteiger partial charge is 0.508 e. The van der Waals surface area contributed by atoms with Crippen LogP contribution in [0.2, 0.25) is 0 Å². The van der Waals surface area contributed by atoms with E-state index in [1.165, 1.54) is 0 Å². The zero-order valence-electron chi connectivity index (χ0n) is 5.54. The van der Waals surface area contributed by atoms with Crippen molar-refractivity contribution in [2.24, 2.45) is 5.73 Å². The predicted octanol–water partition coefficient (Wildman–Crippen LogP) is 0.720. The molecule has 3 heteroatoms. The monoisotopic (exact) mass is 138 g/mol. The van der Waals surface area contributed by atoms with Gasteiger partial charge in [-0.15, -0.1) is 0 Å². The van der Waals surface area contributed by atoms with Crippen molar-refractivity contribution in [2.45, 2.75) is 0 Å². The van der Waals surface area contributed by atoms with Crippen LogP contribution in [-0.4, -0.2) is 11.8 Å². The van der Waals surface area contributed by atoms with Crippen molar-refractivity contribution in [1.82, 2.24) is 0 Å². The Balaban J connectivity index is 2.69. The number of phenols is 1. The molecule has 54 valence electrons. The topological polar surface area (TPSA) is 58.3 Å². The van der Waals surface area contributed by atoms with Gasteiger partial charge in [-0.2, -0.15) is 0 Å². The molecule has 0 amide bonds. The van der Waals surface area contributed by atoms with Crippen LogP contribution in [-0.2, 0) is 0 Å². The van der Waals surface area contributed by atoms with Crippen LogP contribution >= 0.6 is 0 Å². The number of hydrogen-bond donors (Lipinski definition) is 3. The molecule has 0 unspecified atom stereocenters. The van der Waals surface area contributed by atoms with Crippen LogP contribution in [0.25, 0.3) is 0 Å². The molecule has 0 radical (unpaired) electrons. The molecule has 3 nitrogen and oxygen atoms in total.